The average molecular weight is 211 g/mol. The molecule has 0 amide bonds. The van der Waals surface area contributed by atoms with Crippen LogP contribution < -0.4 is 5.32 Å². The maximum absolute atomic E-state index is 13.9. The molecule has 1 aromatic carbocycles. The van der Waals surface area contributed by atoms with Crippen molar-refractivity contribution in [3.8, 4) is 0 Å². The first kappa shape index (κ1) is 10.6. The van der Waals surface area contributed by atoms with E-state index in [-0.39, 0.29) is 5.82 Å². The first-order valence-corrected chi connectivity index (χ1v) is 5.29. The molecule has 0 saturated carbocycles. The van der Waals surface area contributed by atoms with Crippen molar-refractivity contribution in [3.05, 3.63) is 35.6 Å². The minimum absolute atomic E-state index is 0.336. The van der Waals surface area contributed by atoms with Crippen LogP contribution in [0.4, 0.5) is 8.78 Å². The highest BCUT2D eigenvalue weighted by Gasteiger charge is 2.39. The average Bonchev–Trinajstić information content (AvgIpc) is 2.23. The molecule has 2 unspecified atom stereocenters. The van der Waals surface area contributed by atoms with Crippen molar-refractivity contribution in [1.29, 1.82) is 0 Å². The summed E-state index contributed by atoms with van der Waals surface area (Å²) in [7, 11) is 0. The predicted octanol–water partition coefficient (Wildman–Crippen LogP) is 2.76. The van der Waals surface area contributed by atoms with E-state index in [1.54, 1.807) is 25.1 Å². The van der Waals surface area contributed by atoms with E-state index in [9.17, 15) is 8.78 Å². The number of hydrogen-bond donors (Lipinski definition) is 1. The van der Waals surface area contributed by atoms with Crippen LogP contribution >= 0.6 is 0 Å². The Morgan fingerprint density at radius 2 is 2.13 bits per heavy atom. The van der Waals surface area contributed by atoms with Gasteiger partial charge in [-0.05, 0) is 32.4 Å². The highest BCUT2D eigenvalue weighted by molar-refractivity contribution is 5.27. The summed E-state index contributed by atoms with van der Waals surface area (Å²) < 4.78 is 27.5. The number of benzene rings is 1. The molecule has 15 heavy (non-hydrogen) atoms. The SMILES string of the molecule is CC1(c2ccccc2F)NCCCC1F. The third-order valence-electron chi connectivity index (χ3n) is 3.19. The lowest BCUT2D eigenvalue weighted by Gasteiger charge is -2.38. The fraction of sp³-hybridized carbons (Fsp3) is 0.500. The normalized spacial score (nSPS) is 31.5. The summed E-state index contributed by atoms with van der Waals surface area (Å²) >= 11 is 0. The summed E-state index contributed by atoms with van der Waals surface area (Å²) in [6.45, 7) is 2.47. The maximum Gasteiger partial charge on any atom is 0.128 e. The zero-order valence-corrected chi connectivity index (χ0v) is 8.76. The molecular formula is C12H15F2N. The van der Waals surface area contributed by atoms with E-state index in [1.165, 1.54) is 6.07 Å². The van der Waals surface area contributed by atoms with Crippen LogP contribution in [0.25, 0.3) is 0 Å². The van der Waals surface area contributed by atoms with E-state index < -0.39 is 11.7 Å². The van der Waals surface area contributed by atoms with Gasteiger partial charge in [-0.15, -0.1) is 0 Å². The van der Waals surface area contributed by atoms with Crippen LogP contribution in [0.5, 0.6) is 0 Å². The molecule has 82 valence electrons. The van der Waals surface area contributed by atoms with Gasteiger partial charge in [0.2, 0.25) is 0 Å². The molecule has 3 heteroatoms. The zero-order chi connectivity index (χ0) is 10.9. The molecule has 0 radical (unpaired) electrons. The fourth-order valence-electron chi connectivity index (χ4n) is 2.18. The molecule has 1 fully saturated rings. The molecule has 0 aliphatic carbocycles. The Morgan fingerprint density at radius 1 is 1.40 bits per heavy atom. The molecule has 1 N–H and O–H groups in total. The number of hydrogen-bond acceptors (Lipinski definition) is 1. The van der Waals surface area contributed by atoms with Gasteiger partial charge in [0.1, 0.15) is 12.0 Å². The monoisotopic (exact) mass is 211 g/mol. The Kier molecular flexibility index (Phi) is 2.74. The Morgan fingerprint density at radius 3 is 2.80 bits per heavy atom. The molecule has 1 saturated heterocycles. The summed E-state index contributed by atoms with van der Waals surface area (Å²) in [5, 5.41) is 3.09. The first-order chi connectivity index (χ1) is 7.14. The molecule has 1 aliphatic heterocycles. The first-order valence-electron chi connectivity index (χ1n) is 5.29. The maximum atomic E-state index is 13.9. The van der Waals surface area contributed by atoms with Gasteiger partial charge in [-0.1, -0.05) is 18.2 Å². The van der Waals surface area contributed by atoms with Gasteiger partial charge in [-0.2, -0.15) is 0 Å². The van der Waals surface area contributed by atoms with Crippen molar-refractivity contribution in [2.45, 2.75) is 31.5 Å². The van der Waals surface area contributed by atoms with E-state index in [0.717, 1.165) is 13.0 Å². The van der Waals surface area contributed by atoms with Gasteiger partial charge in [-0.25, -0.2) is 8.78 Å². The molecule has 1 aromatic rings. The Labute approximate surface area is 88.5 Å². The number of nitrogens with one attached hydrogen (secondary N) is 1. The minimum Gasteiger partial charge on any atom is -0.305 e. The molecule has 1 heterocycles. The Bertz CT molecular complexity index is 353. The molecule has 1 aliphatic rings. The topological polar surface area (TPSA) is 12.0 Å². The van der Waals surface area contributed by atoms with Crippen LogP contribution in [0.1, 0.15) is 25.3 Å². The lowest BCUT2D eigenvalue weighted by molar-refractivity contribution is 0.118. The van der Waals surface area contributed by atoms with Crippen molar-refractivity contribution < 1.29 is 8.78 Å². The van der Waals surface area contributed by atoms with Crippen LogP contribution in [0.15, 0.2) is 24.3 Å². The largest absolute Gasteiger partial charge is 0.305 e. The number of halogens is 2. The van der Waals surface area contributed by atoms with Gasteiger partial charge in [0.15, 0.2) is 0 Å². The van der Waals surface area contributed by atoms with Crippen molar-refractivity contribution in [2.75, 3.05) is 6.54 Å². The molecule has 0 bridgehead atoms. The molecule has 0 aromatic heterocycles. The summed E-state index contributed by atoms with van der Waals surface area (Å²) in [6, 6.07) is 6.40. The summed E-state index contributed by atoms with van der Waals surface area (Å²) in [6.07, 6.45) is 0.284. The van der Waals surface area contributed by atoms with Crippen molar-refractivity contribution in [2.24, 2.45) is 0 Å². The second kappa shape index (κ2) is 3.89. The molecule has 2 atom stereocenters. The highest BCUT2D eigenvalue weighted by Crippen LogP contribution is 2.33. The molecule has 0 spiro atoms. The van der Waals surface area contributed by atoms with Gasteiger partial charge >= 0.3 is 0 Å². The van der Waals surface area contributed by atoms with Gasteiger partial charge in [0, 0.05) is 5.56 Å². The van der Waals surface area contributed by atoms with Gasteiger partial charge in [-0.3, -0.25) is 0 Å². The standard InChI is InChI=1S/C12H15F2N/c1-12(11(14)7-4-8-15-12)9-5-2-3-6-10(9)13/h2-3,5-6,11,15H,4,7-8H2,1H3. The van der Waals surface area contributed by atoms with Crippen molar-refractivity contribution in [3.63, 3.8) is 0 Å². The smallest absolute Gasteiger partial charge is 0.128 e. The van der Waals surface area contributed by atoms with Crippen LogP contribution in [0.2, 0.25) is 0 Å². The predicted molar refractivity (Wildman–Crippen MR) is 55.9 cm³/mol. The number of piperidine rings is 1. The lowest BCUT2D eigenvalue weighted by atomic mass is 9.82. The van der Waals surface area contributed by atoms with E-state index >= 15 is 0 Å². The third-order valence-corrected chi connectivity index (χ3v) is 3.19. The van der Waals surface area contributed by atoms with Crippen molar-refractivity contribution >= 4 is 0 Å². The summed E-state index contributed by atoms with van der Waals surface area (Å²) in [5.41, 5.74) is -0.443. The van der Waals surface area contributed by atoms with Gasteiger partial charge in [0.05, 0.1) is 5.54 Å². The second-order valence-electron chi connectivity index (χ2n) is 4.22. The third kappa shape index (κ3) is 1.76. The Hall–Kier alpha value is -0.960. The summed E-state index contributed by atoms with van der Waals surface area (Å²) in [5.74, 6) is -0.336. The number of alkyl halides is 1. The minimum atomic E-state index is -1.02. The lowest BCUT2D eigenvalue weighted by Crippen LogP contribution is -2.51. The van der Waals surface area contributed by atoms with Crippen LogP contribution in [0.3, 0.4) is 0 Å². The van der Waals surface area contributed by atoms with E-state index in [1.807, 2.05) is 0 Å². The van der Waals surface area contributed by atoms with Gasteiger partial charge < -0.3 is 5.32 Å². The van der Waals surface area contributed by atoms with E-state index in [0.29, 0.717) is 12.0 Å². The zero-order valence-electron chi connectivity index (χ0n) is 8.76. The molecular weight excluding hydrogens is 196 g/mol. The second-order valence-corrected chi connectivity index (χ2v) is 4.22. The highest BCUT2D eigenvalue weighted by atomic mass is 19.1. The Balaban J connectivity index is 2.39. The van der Waals surface area contributed by atoms with E-state index in [4.69, 9.17) is 0 Å². The van der Waals surface area contributed by atoms with Crippen LogP contribution in [-0.4, -0.2) is 12.7 Å². The van der Waals surface area contributed by atoms with E-state index in [2.05, 4.69) is 5.32 Å². The van der Waals surface area contributed by atoms with Crippen LogP contribution in [0, 0.1) is 5.82 Å². The molecule has 2 rings (SSSR count). The van der Waals surface area contributed by atoms with Crippen molar-refractivity contribution in [1.82, 2.24) is 5.32 Å². The number of rotatable bonds is 1. The fourth-order valence-corrected chi connectivity index (χ4v) is 2.18. The quantitative estimate of drug-likeness (QED) is 0.753. The van der Waals surface area contributed by atoms with Gasteiger partial charge in [0.25, 0.3) is 0 Å². The molecule has 1 nitrogen and oxygen atoms in total. The van der Waals surface area contributed by atoms with Crippen LogP contribution in [-0.2, 0) is 5.54 Å². The summed E-state index contributed by atoms with van der Waals surface area (Å²) in [4.78, 5) is 0.